The maximum atomic E-state index is 14.4. The Labute approximate surface area is 195 Å². The number of anilines is 1. The molecule has 2 fully saturated rings. The molecule has 0 spiro atoms. The van der Waals surface area contributed by atoms with E-state index < -0.39 is 5.54 Å². The van der Waals surface area contributed by atoms with Crippen molar-refractivity contribution in [2.75, 3.05) is 32.1 Å². The topological polar surface area (TPSA) is 35.6 Å². The van der Waals surface area contributed by atoms with Crippen molar-refractivity contribution in [1.82, 2.24) is 10.2 Å². The van der Waals surface area contributed by atoms with Gasteiger partial charge in [0.2, 0.25) is 0 Å². The lowest BCUT2D eigenvalue weighted by Gasteiger charge is -2.36. The summed E-state index contributed by atoms with van der Waals surface area (Å²) in [7, 11) is 4.30. The molecule has 1 heterocycles. The van der Waals surface area contributed by atoms with Gasteiger partial charge in [-0.1, -0.05) is 36.4 Å². The molecule has 1 saturated heterocycles. The van der Waals surface area contributed by atoms with E-state index in [4.69, 9.17) is 0 Å². The third kappa shape index (κ3) is 4.10. The maximum absolute atomic E-state index is 14.4. The Bertz CT molecular complexity index is 1190. The van der Waals surface area contributed by atoms with E-state index in [0.717, 1.165) is 61.0 Å². The third-order valence-corrected chi connectivity index (χ3v) is 7.60. The van der Waals surface area contributed by atoms with E-state index in [1.54, 1.807) is 6.07 Å². The van der Waals surface area contributed by atoms with Crippen LogP contribution in [0, 0.1) is 12.7 Å². The first kappa shape index (κ1) is 21.9. The van der Waals surface area contributed by atoms with Crippen LogP contribution in [0.3, 0.4) is 0 Å². The van der Waals surface area contributed by atoms with Crippen LogP contribution < -0.4 is 10.2 Å². The fourth-order valence-electron chi connectivity index (χ4n) is 5.22. The van der Waals surface area contributed by atoms with E-state index in [2.05, 4.69) is 35.3 Å². The van der Waals surface area contributed by atoms with Crippen LogP contribution in [0.1, 0.15) is 47.2 Å². The Balaban J connectivity index is 1.40. The number of likely N-dealkylation sites (tertiary alicyclic amines) is 1. The highest BCUT2D eigenvalue weighted by molar-refractivity contribution is 5.98. The smallest absolute Gasteiger partial charge is 0.252 e. The number of fused-ring (bicyclic) bond motifs is 1. The molecule has 0 atom stereocenters. The molecule has 2 aliphatic rings. The normalized spacial score (nSPS) is 18.3. The molecule has 0 bridgehead atoms. The number of halogens is 1. The van der Waals surface area contributed by atoms with Crippen molar-refractivity contribution in [3.63, 3.8) is 0 Å². The van der Waals surface area contributed by atoms with Gasteiger partial charge in [0.05, 0.1) is 5.54 Å². The van der Waals surface area contributed by atoms with Crippen LogP contribution in [-0.4, -0.2) is 44.0 Å². The fourth-order valence-corrected chi connectivity index (χ4v) is 5.22. The molecular formula is C28H32FN3O. The zero-order valence-electron chi connectivity index (χ0n) is 19.7. The first-order valence-corrected chi connectivity index (χ1v) is 11.9. The van der Waals surface area contributed by atoms with E-state index in [9.17, 15) is 9.18 Å². The lowest BCUT2D eigenvalue weighted by Crippen LogP contribution is -2.42. The lowest BCUT2D eigenvalue weighted by molar-refractivity contribution is 0.0930. The molecule has 3 aromatic rings. The van der Waals surface area contributed by atoms with Crippen LogP contribution in [0.4, 0.5) is 10.1 Å². The molecule has 0 aromatic heterocycles. The zero-order valence-corrected chi connectivity index (χ0v) is 19.7. The number of rotatable bonds is 5. The molecule has 33 heavy (non-hydrogen) atoms. The summed E-state index contributed by atoms with van der Waals surface area (Å²) < 4.78 is 14.4. The van der Waals surface area contributed by atoms with Gasteiger partial charge >= 0.3 is 0 Å². The van der Waals surface area contributed by atoms with Gasteiger partial charge in [0, 0.05) is 29.7 Å². The number of aryl methyl sites for hydroxylation is 1. The lowest BCUT2D eigenvalue weighted by atomic mass is 9.95. The van der Waals surface area contributed by atoms with Crippen LogP contribution in [0.5, 0.6) is 0 Å². The van der Waals surface area contributed by atoms with Crippen molar-refractivity contribution in [2.24, 2.45) is 0 Å². The summed E-state index contributed by atoms with van der Waals surface area (Å²) in [6.45, 7) is 4.19. The fraction of sp³-hybridized carbons (Fsp3) is 0.393. The number of nitrogens with zero attached hydrogens (tertiary/aromatic N) is 2. The van der Waals surface area contributed by atoms with Crippen molar-refractivity contribution in [2.45, 2.75) is 44.2 Å². The Morgan fingerprint density at radius 3 is 2.45 bits per heavy atom. The van der Waals surface area contributed by atoms with E-state index in [1.807, 2.05) is 43.3 Å². The minimum atomic E-state index is -0.424. The highest BCUT2D eigenvalue weighted by Gasteiger charge is 2.47. The first-order chi connectivity index (χ1) is 15.9. The van der Waals surface area contributed by atoms with E-state index in [0.29, 0.717) is 17.0 Å². The molecule has 1 aliphatic heterocycles. The molecule has 1 N–H and O–H groups in total. The number of hydrogen-bond donors (Lipinski definition) is 1. The highest BCUT2D eigenvalue weighted by Crippen LogP contribution is 2.48. The molecule has 1 aliphatic carbocycles. The SMILES string of the molecule is Cc1ccc(N(C)C2CCN(C)CC2)cc1C(=O)NC1(c2ccc(F)c3ccccc23)CC1. The highest BCUT2D eigenvalue weighted by atomic mass is 19.1. The second-order valence-electron chi connectivity index (χ2n) is 9.82. The molecular weight excluding hydrogens is 413 g/mol. The molecule has 0 unspecified atom stereocenters. The monoisotopic (exact) mass is 445 g/mol. The van der Waals surface area contributed by atoms with Crippen molar-refractivity contribution >= 4 is 22.4 Å². The second-order valence-corrected chi connectivity index (χ2v) is 9.82. The third-order valence-electron chi connectivity index (χ3n) is 7.60. The predicted octanol–water partition coefficient (Wildman–Crippen LogP) is 5.24. The van der Waals surface area contributed by atoms with Gasteiger partial charge in [0.15, 0.2) is 0 Å². The van der Waals surface area contributed by atoms with Crippen LogP contribution in [0.25, 0.3) is 10.8 Å². The summed E-state index contributed by atoms with van der Waals surface area (Å²) in [5, 5.41) is 4.80. The van der Waals surface area contributed by atoms with E-state index in [-0.39, 0.29) is 11.7 Å². The van der Waals surface area contributed by atoms with Crippen molar-refractivity contribution in [3.8, 4) is 0 Å². The van der Waals surface area contributed by atoms with Gasteiger partial charge < -0.3 is 15.1 Å². The van der Waals surface area contributed by atoms with E-state index in [1.165, 1.54) is 6.07 Å². The van der Waals surface area contributed by atoms with E-state index >= 15 is 0 Å². The van der Waals surface area contributed by atoms with Crippen molar-refractivity contribution in [1.29, 1.82) is 0 Å². The molecule has 0 radical (unpaired) electrons. The molecule has 172 valence electrons. The molecule has 3 aromatic carbocycles. The van der Waals surface area contributed by atoms with Gasteiger partial charge in [-0.3, -0.25) is 4.79 Å². The average molecular weight is 446 g/mol. The summed E-state index contributed by atoms with van der Waals surface area (Å²) in [5.74, 6) is -0.283. The largest absolute Gasteiger partial charge is 0.371 e. The van der Waals surface area contributed by atoms with Crippen LogP contribution >= 0.6 is 0 Å². The summed E-state index contributed by atoms with van der Waals surface area (Å²) in [6, 6.07) is 17.6. The minimum Gasteiger partial charge on any atom is -0.371 e. The second kappa shape index (κ2) is 8.45. The number of nitrogens with one attached hydrogen (secondary N) is 1. The van der Waals surface area contributed by atoms with Crippen LogP contribution in [0.15, 0.2) is 54.6 Å². The Morgan fingerprint density at radius 2 is 1.76 bits per heavy atom. The molecule has 1 amide bonds. The van der Waals surface area contributed by atoms with Gasteiger partial charge in [0.1, 0.15) is 5.82 Å². The van der Waals surface area contributed by atoms with Crippen LogP contribution in [-0.2, 0) is 5.54 Å². The molecule has 4 nitrogen and oxygen atoms in total. The molecule has 5 rings (SSSR count). The Hall–Kier alpha value is -2.92. The summed E-state index contributed by atoms with van der Waals surface area (Å²) in [6.07, 6.45) is 3.98. The number of carbonyl (C=O) groups is 1. The number of piperidine rings is 1. The number of carbonyl (C=O) groups excluding carboxylic acids is 1. The summed E-state index contributed by atoms with van der Waals surface area (Å²) >= 11 is 0. The minimum absolute atomic E-state index is 0.0583. The number of hydrogen-bond acceptors (Lipinski definition) is 3. The van der Waals surface area contributed by atoms with Gasteiger partial charge in [-0.05, 0) is 87.5 Å². The quantitative estimate of drug-likeness (QED) is 0.584. The average Bonchev–Trinajstić information content (AvgIpc) is 3.60. The Kier molecular flexibility index (Phi) is 5.61. The van der Waals surface area contributed by atoms with Crippen LogP contribution in [0.2, 0.25) is 0 Å². The van der Waals surface area contributed by atoms with Gasteiger partial charge in [-0.25, -0.2) is 4.39 Å². The summed E-state index contributed by atoms with van der Waals surface area (Å²) in [5.41, 5.74) is 3.34. The van der Waals surface area contributed by atoms with Crippen molar-refractivity contribution in [3.05, 3.63) is 77.1 Å². The number of benzene rings is 3. The van der Waals surface area contributed by atoms with Gasteiger partial charge in [0.25, 0.3) is 5.91 Å². The molecule has 1 saturated carbocycles. The summed E-state index contributed by atoms with van der Waals surface area (Å²) in [4.78, 5) is 18.2. The predicted molar refractivity (Wildman–Crippen MR) is 132 cm³/mol. The standard InChI is InChI=1S/C28H32FN3O/c1-19-8-9-21(32(3)20-12-16-31(2)17-13-20)18-24(19)27(33)30-28(14-15-28)25-10-11-26(29)23-7-5-4-6-22(23)25/h4-11,18,20H,12-17H2,1-3H3,(H,30,33). The molecule has 5 heteroatoms. The number of amides is 1. The Morgan fingerprint density at radius 1 is 1.06 bits per heavy atom. The maximum Gasteiger partial charge on any atom is 0.252 e. The zero-order chi connectivity index (χ0) is 23.2. The van der Waals surface area contributed by atoms with Gasteiger partial charge in [-0.15, -0.1) is 0 Å². The first-order valence-electron chi connectivity index (χ1n) is 11.9. The van der Waals surface area contributed by atoms with Crippen molar-refractivity contribution < 1.29 is 9.18 Å². The van der Waals surface area contributed by atoms with Gasteiger partial charge in [-0.2, -0.15) is 0 Å².